The van der Waals surface area contributed by atoms with Crippen LogP contribution >= 0.6 is 0 Å². The van der Waals surface area contributed by atoms with E-state index >= 15 is 0 Å². The van der Waals surface area contributed by atoms with E-state index in [1.807, 2.05) is 0 Å². The molecule has 0 saturated heterocycles. The van der Waals surface area contributed by atoms with Gasteiger partial charge in [0.2, 0.25) is 0 Å². The molecule has 2 aliphatic rings. The van der Waals surface area contributed by atoms with E-state index in [4.69, 9.17) is 0 Å². The van der Waals surface area contributed by atoms with Gasteiger partial charge in [-0.05, 0) is 0 Å². The molecule has 2 aliphatic carbocycles. The summed E-state index contributed by atoms with van der Waals surface area (Å²) in [7, 11) is 0. The fourth-order valence-electron chi connectivity index (χ4n) is 1.27. The van der Waals surface area contributed by atoms with Crippen LogP contribution < -0.4 is 0 Å². The van der Waals surface area contributed by atoms with Crippen LogP contribution in [-0.4, -0.2) is 0 Å². The van der Waals surface area contributed by atoms with Gasteiger partial charge in [0.25, 0.3) is 0 Å². The molecular formula is C12H12Mn. The first kappa shape index (κ1) is 8.80. The monoisotopic (exact) mass is 211 g/mol. The van der Waals surface area contributed by atoms with Crippen LogP contribution in [0.15, 0.2) is 57.6 Å². The van der Waals surface area contributed by atoms with Crippen molar-refractivity contribution < 1.29 is 15.0 Å². The van der Waals surface area contributed by atoms with Crippen molar-refractivity contribution in [2.24, 2.45) is 0 Å². The summed E-state index contributed by atoms with van der Waals surface area (Å²) in [5.41, 5.74) is 0. The van der Waals surface area contributed by atoms with Crippen LogP contribution in [0.4, 0.5) is 0 Å². The van der Waals surface area contributed by atoms with E-state index in [2.05, 4.69) is 48.6 Å². The summed E-state index contributed by atoms with van der Waals surface area (Å²) in [5, 5.41) is 0. The Morgan fingerprint density at radius 3 is 2.15 bits per heavy atom. The summed E-state index contributed by atoms with van der Waals surface area (Å²) in [6.07, 6.45) is 19.7. The van der Waals surface area contributed by atoms with Gasteiger partial charge >= 0.3 is 85.3 Å². The summed E-state index contributed by atoms with van der Waals surface area (Å²) in [4.78, 5) is 0. The zero-order valence-corrected chi connectivity index (χ0v) is 8.59. The molecule has 0 atom stereocenters. The molecule has 0 N–H and O–H groups in total. The third-order valence-corrected chi connectivity index (χ3v) is 3.55. The van der Waals surface area contributed by atoms with Gasteiger partial charge < -0.3 is 0 Å². The maximum absolute atomic E-state index is 2.25. The van der Waals surface area contributed by atoms with E-state index in [1.165, 1.54) is 0 Å². The first-order valence-corrected chi connectivity index (χ1v) is 5.66. The maximum atomic E-state index is 2.25. The summed E-state index contributed by atoms with van der Waals surface area (Å²) in [6, 6.07) is 0. The molecule has 1 heteroatoms. The number of hydrogen-bond acceptors (Lipinski definition) is 0. The van der Waals surface area contributed by atoms with Crippen molar-refractivity contribution in [3.63, 3.8) is 0 Å². The molecule has 0 fully saturated rings. The standard InChI is InChI=1S/C7H7.C5H5.Mn/c1-2-4-6-7-5-3-1;1-2-4-5-3-1;/h1-5H,6H2;1-3H,4H2;. The molecular weight excluding hydrogens is 199 g/mol. The van der Waals surface area contributed by atoms with Crippen molar-refractivity contribution in [3.8, 4) is 0 Å². The van der Waals surface area contributed by atoms with E-state index in [1.54, 1.807) is 8.94 Å². The Kier molecular flexibility index (Phi) is 3.02. The van der Waals surface area contributed by atoms with Crippen molar-refractivity contribution >= 4 is 0 Å². The first-order valence-electron chi connectivity index (χ1n) is 4.48. The Bertz CT molecular complexity index is 327. The second kappa shape index (κ2) is 4.45. The number of allylic oxidation sites excluding steroid dienone is 10. The summed E-state index contributed by atoms with van der Waals surface area (Å²) in [5.74, 6) is 0. The third kappa shape index (κ3) is 2.58. The van der Waals surface area contributed by atoms with Gasteiger partial charge in [0.05, 0.1) is 0 Å². The van der Waals surface area contributed by atoms with Gasteiger partial charge in [-0.25, -0.2) is 0 Å². The molecule has 0 saturated carbocycles. The van der Waals surface area contributed by atoms with Gasteiger partial charge in [-0.15, -0.1) is 0 Å². The van der Waals surface area contributed by atoms with E-state index in [0.29, 0.717) is 0 Å². The quantitative estimate of drug-likeness (QED) is 0.614. The molecule has 0 aromatic rings. The van der Waals surface area contributed by atoms with Gasteiger partial charge in [0.1, 0.15) is 0 Å². The average molecular weight is 211 g/mol. The molecule has 0 amide bonds. The second-order valence-corrected chi connectivity index (χ2v) is 4.78. The molecule has 0 radical (unpaired) electrons. The van der Waals surface area contributed by atoms with Crippen molar-refractivity contribution in [1.82, 2.24) is 0 Å². The fraction of sp³-hybridized carbons (Fsp3) is 0.167. The topological polar surface area (TPSA) is 0 Å². The Hall–Kier alpha value is -0.781. The molecule has 0 heterocycles. The van der Waals surface area contributed by atoms with E-state index in [9.17, 15) is 0 Å². The Morgan fingerprint density at radius 1 is 0.769 bits per heavy atom. The van der Waals surface area contributed by atoms with Crippen LogP contribution in [0.5, 0.6) is 0 Å². The van der Waals surface area contributed by atoms with Gasteiger partial charge in [-0.3, -0.25) is 0 Å². The van der Waals surface area contributed by atoms with Crippen LogP contribution in [0, 0.1) is 0 Å². The molecule has 0 aliphatic heterocycles. The van der Waals surface area contributed by atoms with E-state index in [-0.39, 0.29) is 0 Å². The average Bonchev–Trinajstić information content (AvgIpc) is 2.49. The minimum atomic E-state index is 0.856. The summed E-state index contributed by atoms with van der Waals surface area (Å²) >= 11 is 0.856. The molecule has 2 rings (SSSR count). The van der Waals surface area contributed by atoms with Gasteiger partial charge in [0.15, 0.2) is 0 Å². The normalized spacial score (nSPS) is 20.0. The van der Waals surface area contributed by atoms with Crippen molar-refractivity contribution in [2.75, 3.05) is 0 Å². The first-order chi connectivity index (χ1) is 6.45. The SMILES string of the molecule is C1=CC=[C]([Mn][C]2=CC=CC2)CC=C1. The molecule has 13 heavy (non-hydrogen) atoms. The predicted molar refractivity (Wildman–Crippen MR) is 52.8 cm³/mol. The Labute approximate surface area is 85.6 Å². The van der Waals surface area contributed by atoms with Gasteiger partial charge in [-0.2, -0.15) is 0 Å². The Morgan fingerprint density at radius 2 is 1.46 bits per heavy atom. The molecule has 0 nitrogen and oxygen atoms in total. The Balaban J connectivity index is 1.98. The number of hydrogen-bond donors (Lipinski definition) is 0. The zero-order chi connectivity index (χ0) is 8.93. The zero-order valence-electron chi connectivity index (χ0n) is 7.41. The molecule has 0 aromatic heterocycles. The van der Waals surface area contributed by atoms with Crippen molar-refractivity contribution in [3.05, 3.63) is 57.6 Å². The van der Waals surface area contributed by atoms with Crippen molar-refractivity contribution in [2.45, 2.75) is 12.8 Å². The molecule has 0 aromatic carbocycles. The van der Waals surface area contributed by atoms with Crippen LogP contribution in [-0.2, 0) is 15.0 Å². The second-order valence-electron chi connectivity index (χ2n) is 2.97. The van der Waals surface area contributed by atoms with Crippen LogP contribution in [0.2, 0.25) is 0 Å². The molecule has 67 valence electrons. The number of rotatable bonds is 2. The van der Waals surface area contributed by atoms with Gasteiger partial charge in [0, 0.05) is 0 Å². The molecule has 0 bridgehead atoms. The summed E-state index contributed by atoms with van der Waals surface area (Å²) in [6.45, 7) is 0. The van der Waals surface area contributed by atoms with Crippen LogP contribution in [0.1, 0.15) is 12.8 Å². The predicted octanol–water partition coefficient (Wildman–Crippen LogP) is 3.31. The third-order valence-electron chi connectivity index (χ3n) is 1.92. The van der Waals surface area contributed by atoms with Crippen LogP contribution in [0.25, 0.3) is 0 Å². The summed E-state index contributed by atoms with van der Waals surface area (Å²) < 4.78 is 3.11. The molecule has 0 unspecified atom stereocenters. The minimum absolute atomic E-state index is 0.856. The molecule has 0 spiro atoms. The van der Waals surface area contributed by atoms with Gasteiger partial charge in [-0.1, -0.05) is 0 Å². The van der Waals surface area contributed by atoms with Crippen molar-refractivity contribution in [1.29, 1.82) is 0 Å². The van der Waals surface area contributed by atoms with Crippen LogP contribution in [0.3, 0.4) is 0 Å². The van der Waals surface area contributed by atoms with E-state index < -0.39 is 0 Å². The van der Waals surface area contributed by atoms with E-state index in [0.717, 1.165) is 27.8 Å². The fourth-order valence-corrected chi connectivity index (χ4v) is 2.70.